The number of ketones is 1. The number of rotatable bonds is 8. The molecule has 0 saturated carbocycles. The Kier molecular flexibility index (Phi) is 6.95. The fourth-order valence-corrected chi connectivity index (χ4v) is 3.88. The van der Waals surface area contributed by atoms with Crippen molar-refractivity contribution in [3.05, 3.63) is 40.4 Å². The van der Waals surface area contributed by atoms with Crippen LogP contribution in [0.25, 0.3) is 0 Å². The highest BCUT2D eigenvalue weighted by molar-refractivity contribution is 7.13. The molecule has 0 aliphatic carbocycles. The lowest BCUT2D eigenvalue weighted by molar-refractivity contribution is -0.135. The number of Topliss-reactive ketones (excluding diaryl/α,β-unsaturated/α-hetero) is 1. The van der Waals surface area contributed by atoms with E-state index in [0.29, 0.717) is 5.56 Å². The second-order valence-corrected chi connectivity index (χ2v) is 7.90. The van der Waals surface area contributed by atoms with Crippen molar-refractivity contribution in [2.24, 2.45) is 0 Å². The summed E-state index contributed by atoms with van der Waals surface area (Å²) in [5.74, 6) is -3.66. The first kappa shape index (κ1) is 23.0. The number of carboxylic acid groups (broad SMARTS) is 2. The van der Waals surface area contributed by atoms with Crippen LogP contribution in [0.4, 0.5) is 9.93 Å². The van der Waals surface area contributed by atoms with E-state index in [4.69, 9.17) is 15.5 Å². The Labute approximate surface area is 185 Å². The minimum absolute atomic E-state index is 0.0474. The molecule has 168 valence electrons. The van der Waals surface area contributed by atoms with Crippen LogP contribution in [-0.4, -0.2) is 57.6 Å². The van der Waals surface area contributed by atoms with E-state index in [9.17, 15) is 29.3 Å². The Hall–Kier alpha value is -3.65. The van der Waals surface area contributed by atoms with Gasteiger partial charge < -0.3 is 36.3 Å². The number of hydrogen-bond donors (Lipinski definition) is 6. The molecule has 1 aromatic heterocycles. The predicted octanol–water partition coefficient (Wildman–Crippen LogP) is 0.293. The number of carbonyl (C=O) groups is 4. The number of nitrogens with two attached hydrogens (primary N) is 1. The molecule has 32 heavy (non-hydrogen) atoms. The number of nitrogen functional groups attached to an aromatic ring is 1. The molecule has 2 aromatic rings. The minimum atomic E-state index is -1.45. The first-order chi connectivity index (χ1) is 15.2. The number of aromatic carboxylic acids is 1. The van der Waals surface area contributed by atoms with Crippen LogP contribution in [0.3, 0.4) is 0 Å². The highest BCUT2D eigenvalue weighted by Gasteiger charge is 2.39. The number of aliphatic carboxylic acids is 1. The second kappa shape index (κ2) is 9.66. The third-order valence-electron chi connectivity index (χ3n) is 4.75. The Morgan fingerprint density at radius 1 is 1.31 bits per heavy atom. The molecule has 14 heteroatoms. The maximum absolute atomic E-state index is 13.0. The van der Waals surface area contributed by atoms with Crippen molar-refractivity contribution in [3.63, 3.8) is 0 Å². The number of carboxylic acids is 2. The zero-order valence-corrected chi connectivity index (χ0v) is 17.3. The van der Waals surface area contributed by atoms with Crippen molar-refractivity contribution >= 4 is 47.3 Å². The number of carbonyl (C=O) groups excluding carboxylic acids is 2. The van der Waals surface area contributed by atoms with Crippen LogP contribution in [-0.2, 0) is 16.0 Å². The molecule has 0 radical (unpaired) electrons. The summed E-state index contributed by atoms with van der Waals surface area (Å²) in [6.45, 7) is -0.649. The highest BCUT2D eigenvalue weighted by atomic mass is 32.1. The highest BCUT2D eigenvalue weighted by Crippen LogP contribution is 2.37. The molecule has 2 amide bonds. The number of thiazole rings is 1. The molecule has 3 rings (SSSR count). The number of anilines is 1. The van der Waals surface area contributed by atoms with Gasteiger partial charge in [-0.05, 0) is 18.1 Å². The first-order valence-corrected chi connectivity index (χ1v) is 10.2. The van der Waals surface area contributed by atoms with Gasteiger partial charge in [-0.2, -0.15) is 0 Å². The third-order valence-corrected chi connectivity index (χ3v) is 5.44. The minimum Gasteiger partial charge on any atom is -0.535 e. The fourth-order valence-electron chi connectivity index (χ4n) is 3.29. The maximum atomic E-state index is 13.0. The van der Waals surface area contributed by atoms with E-state index in [2.05, 4.69) is 15.6 Å². The van der Waals surface area contributed by atoms with Crippen molar-refractivity contribution in [1.82, 2.24) is 15.6 Å². The van der Waals surface area contributed by atoms with Crippen LogP contribution in [0, 0.1) is 0 Å². The van der Waals surface area contributed by atoms with Gasteiger partial charge in [0, 0.05) is 17.6 Å². The Morgan fingerprint density at radius 3 is 2.69 bits per heavy atom. The summed E-state index contributed by atoms with van der Waals surface area (Å²) in [4.78, 5) is 51.1. The van der Waals surface area contributed by atoms with E-state index < -0.39 is 49.3 Å². The lowest BCUT2D eigenvalue weighted by Crippen LogP contribution is -2.44. The van der Waals surface area contributed by atoms with Gasteiger partial charge in [-0.1, -0.05) is 12.1 Å². The monoisotopic (exact) mass is 462 g/mol. The van der Waals surface area contributed by atoms with Crippen LogP contribution in [0.2, 0.25) is 5.82 Å². The van der Waals surface area contributed by atoms with Gasteiger partial charge in [-0.15, -0.1) is 11.3 Å². The molecule has 1 aliphatic heterocycles. The van der Waals surface area contributed by atoms with Crippen LogP contribution >= 0.6 is 11.3 Å². The van der Waals surface area contributed by atoms with Gasteiger partial charge in [-0.3, -0.25) is 9.59 Å². The molecule has 1 aliphatic rings. The normalized spacial score (nSPS) is 15.8. The molecule has 12 nitrogen and oxygen atoms in total. The zero-order valence-electron chi connectivity index (χ0n) is 16.5. The molecule has 0 fully saturated rings. The van der Waals surface area contributed by atoms with Crippen molar-refractivity contribution in [2.45, 2.75) is 24.7 Å². The zero-order chi connectivity index (χ0) is 23.4. The largest absolute Gasteiger partial charge is 0.535 e. The van der Waals surface area contributed by atoms with Crippen molar-refractivity contribution in [2.75, 3.05) is 12.3 Å². The van der Waals surface area contributed by atoms with E-state index >= 15 is 0 Å². The van der Waals surface area contributed by atoms with Crippen LogP contribution in [0.5, 0.6) is 5.75 Å². The molecule has 1 aromatic carbocycles. The van der Waals surface area contributed by atoms with Crippen molar-refractivity contribution in [3.8, 4) is 5.75 Å². The second-order valence-electron chi connectivity index (χ2n) is 7.01. The third kappa shape index (κ3) is 5.33. The van der Waals surface area contributed by atoms with E-state index in [1.165, 1.54) is 17.5 Å². The number of fused-ring (bicyclic) bond motifs is 1. The average molecular weight is 462 g/mol. The number of para-hydroxylation sites is 1. The molecule has 0 bridgehead atoms. The van der Waals surface area contributed by atoms with Gasteiger partial charge >= 0.3 is 25.1 Å². The van der Waals surface area contributed by atoms with Gasteiger partial charge in [0.25, 0.3) is 0 Å². The molecule has 2 atom stereocenters. The summed E-state index contributed by atoms with van der Waals surface area (Å²) in [7, 11) is -1.45. The summed E-state index contributed by atoms with van der Waals surface area (Å²) < 4.78 is 5.40. The van der Waals surface area contributed by atoms with E-state index in [-0.39, 0.29) is 35.0 Å². The van der Waals surface area contributed by atoms with Gasteiger partial charge in [-0.25, -0.2) is 14.6 Å². The van der Waals surface area contributed by atoms with Crippen LogP contribution in [0.15, 0.2) is 23.6 Å². The molecule has 0 spiro atoms. The fraction of sp³-hybridized carbons (Fsp3) is 0.278. The van der Waals surface area contributed by atoms with Gasteiger partial charge in [0.15, 0.2) is 10.9 Å². The molecular formula is C18H19BN4O8S. The summed E-state index contributed by atoms with van der Waals surface area (Å²) in [5.41, 5.74) is 6.22. The molecular weight excluding hydrogens is 443 g/mol. The van der Waals surface area contributed by atoms with Crippen LogP contribution in [0.1, 0.15) is 34.1 Å². The summed E-state index contributed by atoms with van der Waals surface area (Å²) >= 11 is 1.06. The number of benzene rings is 1. The van der Waals surface area contributed by atoms with Gasteiger partial charge in [0.05, 0.1) is 11.3 Å². The Bertz CT molecular complexity index is 1060. The number of nitrogens with zero attached hydrogens (tertiary/aromatic N) is 1. The number of amides is 2. The molecule has 7 N–H and O–H groups in total. The molecule has 0 saturated heterocycles. The summed E-state index contributed by atoms with van der Waals surface area (Å²) in [5, 5.41) is 34.5. The number of urea groups is 1. The van der Waals surface area contributed by atoms with Crippen LogP contribution < -0.4 is 21.0 Å². The van der Waals surface area contributed by atoms with E-state index in [1.54, 1.807) is 6.07 Å². The van der Waals surface area contributed by atoms with Gasteiger partial charge in [0.2, 0.25) is 0 Å². The lowest BCUT2D eigenvalue weighted by atomic mass is 9.64. The van der Waals surface area contributed by atoms with Gasteiger partial charge in [0.1, 0.15) is 18.3 Å². The number of aromatic nitrogens is 1. The predicted molar refractivity (Wildman–Crippen MR) is 113 cm³/mol. The van der Waals surface area contributed by atoms with Crippen molar-refractivity contribution in [1.29, 1.82) is 0 Å². The Balaban J connectivity index is 1.77. The molecule has 2 heterocycles. The van der Waals surface area contributed by atoms with E-state index in [0.717, 1.165) is 11.3 Å². The summed E-state index contributed by atoms with van der Waals surface area (Å²) in [6.07, 6.45) is -0.0697. The quantitative estimate of drug-likeness (QED) is 0.296. The number of nitrogens with one attached hydrogen (secondary N) is 2. The standard InChI is InChI=1S/C18H19BN4O8S/c20-17-22-11(7-32-17)14(23-18(29)21-6-13(25)26)12(24)5-9-4-8-2-1-3-10(16(27)28)15(8)31-19(9)30/h1-3,7,9,14,30H,4-6H2,(H2,20,22)(H,25,26)(H,27,28)(H2,21,23,29)/t9-,14?/m1/s1. The maximum Gasteiger partial charge on any atom is 0.526 e. The Morgan fingerprint density at radius 2 is 2.06 bits per heavy atom. The smallest absolute Gasteiger partial charge is 0.526 e. The van der Waals surface area contributed by atoms with E-state index in [1.807, 2.05) is 0 Å². The average Bonchev–Trinajstić information content (AvgIpc) is 3.16. The molecule has 1 unspecified atom stereocenters. The van der Waals surface area contributed by atoms with Crippen molar-refractivity contribution < 1.29 is 39.1 Å². The number of hydrogen-bond acceptors (Lipinski definition) is 9. The topological polar surface area (TPSA) is 201 Å². The SMILES string of the molecule is Nc1nc(C(NC(=O)NCC(=O)O)C(=O)C[C@H]2Cc3cccc(C(=O)O)c3OB2O)cs1. The lowest BCUT2D eigenvalue weighted by Gasteiger charge is -2.28. The first-order valence-electron chi connectivity index (χ1n) is 9.35. The summed E-state index contributed by atoms with van der Waals surface area (Å²) in [6, 6.07) is 2.39.